The number of alkyl halides is 6. The van der Waals surface area contributed by atoms with Gasteiger partial charge in [-0.1, -0.05) is 41.9 Å². The molecule has 0 aliphatic rings. The summed E-state index contributed by atoms with van der Waals surface area (Å²) in [6.45, 7) is 0. The maximum atomic E-state index is 15.9. The summed E-state index contributed by atoms with van der Waals surface area (Å²) in [6.07, 6.45) is -9.40. The first kappa shape index (κ1) is 24.7. The summed E-state index contributed by atoms with van der Waals surface area (Å²) in [6, 6.07) is 14.9. The minimum Gasteiger partial charge on any atom is -0.207 e. The Balaban J connectivity index is 2.00. The second-order valence-corrected chi connectivity index (χ2v) is 7.95. The van der Waals surface area contributed by atoms with Crippen molar-refractivity contribution in [2.45, 2.75) is 12.4 Å². The Morgan fingerprint density at radius 1 is 0.657 bits per heavy atom. The summed E-state index contributed by atoms with van der Waals surface area (Å²) >= 11 is 6.11. The molecule has 1 radical (unpaired) electrons. The van der Waals surface area contributed by atoms with Crippen molar-refractivity contribution >= 4 is 11.6 Å². The summed E-state index contributed by atoms with van der Waals surface area (Å²) < 4.78 is 108. The maximum Gasteiger partial charge on any atom is 0.416 e. The van der Waals surface area contributed by atoms with E-state index >= 15 is 4.39 Å². The number of hydrogen-bond acceptors (Lipinski definition) is 0. The average molecular weight is 512 g/mol. The van der Waals surface area contributed by atoms with Crippen LogP contribution in [-0.4, -0.2) is 0 Å². The fourth-order valence-electron chi connectivity index (χ4n) is 3.59. The van der Waals surface area contributed by atoms with E-state index < -0.39 is 40.1 Å². The Kier molecular flexibility index (Phi) is 6.36. The van der Waals surface area contributed by atoms with Crippen LogP contribution in [0.3, 0.4) is 0 Å². The fraction of sp³-hybridized carbons (Fsp3) is 0.0769. The second kappa shape index (κ2) is 9.00. The zero-order chi connectivity index (χ0) is 25.5. The Bertz CT molecular complexity index is 1390. The van der Waals surface area contributed by atoms with Gasteiger partial charge < -0.3 is 0 Å². The summed E-state index contributed by atoms with van der Waals surface area (Å²) in [5.41, 5.74) is -2.68. The smallest absolute Gasteiger partial charge is 0.207 e. The highest BCUT2D eigenvalue weighted by atomic mass is 35.5. The molecule has 179 valence electrons. The Labute approximate surface area is 199 Å². The standard InChI is InChI=1S/C26H12ClF8/c27-22-13-17(26(33,34)35)6-9-21(22)23-19(15-2-1-3-16(12-15)25(30,31)32)10-11-20(24(23)29)14-4-7-18(28)8-5-14/h1-9,11-13H. The van der Waals surface area contributed by atoms with E-state index in [9.17, 15) is 30.7 Å². The maximum absolute atomic E-state index is 15.9. The van der Waals surface area contributed by atoms with Crippen LogP contribution in [0.25, 0.3) is 33.4 Å². The third-order valence-corrected chi connectivity index (χ3v) is 5.58. The molecular weight excluding hydrogens is 500 g/mol. The molecule has 0 amide bonds. The third kappa shape index (κ3) is 5.03. The molecule has 4 aromatic rings. The molecule has 0 N–H and O–H groups in total. The zero-order valence-electron chi connectivity index (χ0n) is 17.3. The van der Waals surface area contributed by atoms with Crippen LogP contribution in [-0.2, 0) is 12.4 Å². The van der Waals surface area contributed by atoms with Crippen molar-refractivity contribution in [2.75, 3.05) is 0 Å². The van der Waals surface area contributed by atoms with Crippen LogP contribution in [0.15, 0.2) is 72.8 Å². The van der Waals surface area contributed by atoms with Gasteiger partial charge in [-0.2, -0.15) is 26.3 Å². The van der Waals surface area contributed by atoms with Crippen molar-refractivity contribution in [3.63, 3.8) is 0 Å². The lowest BCUT2D eigenvalue weighted by Crippen LogP contribution is -2.05. The van der Waals surface area contributed by atoms with Gasteiger partial charge >= 0.3 is 12.4 Å². The van der Waals surface area contributed by atoms with Crippen LogP contribution >= 0.6 is 11.6 Å². The lowest BCUT2D eigenvalue weighted by molar-refractivity contribution is -0.138. The predicted molar refractivity (Wildman–Crippen MR) is 117 cm³/mol. The van der Waals surface area contributed by atoms with Crippen molar-refractivity contribution in [3.05, 3.63) is 107 Å². The number of halogens is 9. The van der Waals surface area contributed by atoms with Crippen molar-refractivity contribution < 1.29 is 35.1 Å². The van der Waals surface area contributed by atoms with Crippen LogP contribution in [0.1, 0.15) is 11.1 Å². The van der Waals surface area contributed by atoms with E-state index in [1.807, 2.05) is 0 Å². The van der Waals surface area contributed by atoms with Gasteiger partial charge in [-0.3, -0.25) is 0 Å². The zero-order valence-corrected chi connectivity index (χ0v) is 18.1. The Morgan fingerprint density at radius 2 is 1.29 bits per heavy atom. The number of rotatable bonds is 3. The summed E-state index contributed by atoms with van der Waals surface area (Å²) in [5, 5.41) is -0.461. The van der Waals surface area contributed by atoms with Gasteiger partial charge in [0.1, 0.15) is 11.6 Å². The minimum absolute atomic E-state index is 0.0738. The molecule has 4 aromatic carbocycles. The average Bonchev–Trinajstić information content (AvgIpc) is 2.79. The van der Waals surface area contributed by atoms with E-state index in [4.69, 9.17) is 11.6 Å². The van der Waals surface area contributed by atoms with E-state index in [-0.39, 0.29) is 33.4 Å². The second-order valence-electron chi connectivity index (χ2n) is 7.54. The van der Waals surface area contributed by atoms with E-state index in [0.29, 0.717) is 12.1 Å². The third-order valence-electron chi connectivity index (χ3n) is 5.27. The van der Waals surface area contributed by atoms with Crippen molar-refractivity contribution in [1.29, 1.82) is 0 Å². The molecule has 0 saturated heterocycles. The van der Waals surface area contributed by atoms with E-state index in [1.54, 1.807) is 0 Å². The van der Waals surface area contributed by atoms with Crippen molar-refractivity contribution in [1.82, 2.24) is 0 Å². The molecule has 0 spiro atoms. The molecule has 0 bridgehead atoms. The lowest BCUT2D eigenvalue weighted by Gasteiger charge is -2.18. The molecule has 0 heterocycles. The molecule has 0 aliphatic carbocycles. The quantitative estimate of drug-likeness (QED) is 0.240. The van der Waals surface area contributed by atoms with Crippen LogP contribution in [0.2, 0.25) is 5.02 Å². The van der Waals surface area contributed by atoms with Gasteiger partial charge in [0.05, 0.1) is 11.1 Å². The van der Waals surface area contributed by atoms with Gasteiger partial charge in [-0.25, -0.2) is 8.78 Å². The summed E-state index contributed by atoms with van der Waals surface area (Å²) in [5.74, 6) is -1.55. The van der Waals surface area contributed by atoms with Gasteiger partial charge in [0.2, 0.25) is 0 Å². The number of hydrogen-bond donors (Lipinski definition) is 0. The number of benzene rings is 4. The molecule has 0 atom stereocenters. The van der Waals surface area contributed by atoms with Crippen LogP contribution in [0, 0.1) is 17.7 Å². The highest BCUT2D eigenvalue weighted by Crippen LogP contribution is 2.44. The Hall–Kier alpha value is -3.39. The molecule has 35 heavy (non-hydrogen) atoms. The van der Waals surface area contributed by atoms with Gasteiger partial charge in [-0.05, 0) is 59.7 Å². The SMILES string of the molecule is Fc1ccc(-c2c[c]c(-c3cccc(C(F)(F)F)c3)c(-c3ccc(C(F)(F)F)cc3Cl)c2F)cc1. The topological polar surface area (TPSA) is 0 Å². The van der Waals surface area contributed by atoms with Crippen LogP contribution in [0.4, 0.5) is 35.1 Å². The van der Waals surface area contributed by atoms with Crippen molar-refractivity contribution in [2.24, 2.45) is 0 Å². The first-order chi connectivity index (χ1) is 16.4. The van der Waals surface area contributed by atoms with Gasteiger partial charge in [0, 0.05) is 27.3 Å². The predicted octanol–water partition coefficient (Wildman–Crippen LogP) is 9.46. The molecule has 0 aliphatic heterocycles. The van der Waals surface area contributed by atoms with Gasteiger partial charge in [0.15, 0.2) is 0 Å². The van der Waals surface area contributed by atoms with Crippen LogP contribution in [0.5, 0.6) is 0 Å². The van der Waals surface area contributed by atoms with Crippen molar-refractivity contribution in [3.8, 4) is 33.4 Å². The largest absolute Gasteiger partial charge is 0.416 e. The highest BCUT2D eigenvalue weighted by Gasteiger charge is 2.33. The summed E-state index contributed by atoms with van der Waals surface area (Å²) in [4.78, 5) is 0. The van der Waals surface area contributed by atoms with Gasteiger partial charge in [-0.15, -0.1) is 0 Å². The molecule has 9 heteroatoms. The molecule has 0 nitrogen and oxygen atoms in total. The normalized spacial score (nSPS) is 12.1. The first-order valence-corrected chi connectivity index (χ1v) is 10.3. The van der Waals surface area contributed by atoms with Crippen LogP contribution < -0.4 is 0 Å². The minimum atomic E-state index is -4.72. The van der Waals surface area contributed by atoms with E-state index in [1.165, 1.54) is 24.3 Å². The Morgan fingerprint density at radius 3 is 1.89 bits per heavy atom. The summed E-state index contributed by atoms with van der Waals surface area (Å²) in [7, 11) is 0. The van der Waals surface area contributed by atoms with E-state index in [0.717, 1.165) is 36.4 Å². The first-order valence-electron chi connectivity index (χ1n) is 9.91. The molecule has 0 unspecified atom stereocenters. The molecule has 0 fully saturated rings. The lowest BCUT2D eigenvalue weighted by atomic mass is 9.89. The molecule has 0 saturated carbocycles. The monoisotopic (exact) mass is 511 g/mol. The van der Waals surface area contributed by atoms with E-state index in [2.05, 4.69) is 6.07 Å². The molecule has 0 aromatic heterocycles. The molecular formula is C26H12ClF8. The highest BCUT2D eigenvalue weighted by molar-refractivity contribution is 6.33. The molecule has 4 rings (SSSR count). The van der Waals surface area contributed by atoms with Gasteiger partial charge in [0.25, 0.3) is 0 Å². The fourth-order valence-corrected chi connectivity index (χ4v) is 3.86.